The fourth-order valence-electron chi connectivity index (χ4n) is 5.47. The number of nitrogens with zero attached hydrogens (tertiary/aromatic N) is 1. The average Bonchev–Trinajstić information content (AvgIpc) is 3.45. The fourth-order valence-corrected chi connectivity index (χ4v) is 6.05. The predicted octanol–water partition coefficient (Wildman–Crippen LogP) is 3.04. The number of amides is 2. The van der Waals surface area contributed by atoms with Crippen LogP contribution in [-0.4, -0.2) is 64.4 Å². The highest BCUT2D eigenvalue weighted by atomic mass is 32.2. The van der Waals surface area contributed by atoms with Crippen LogP contribution in [0.2, 0.25) is 0 Å². The number of carbonyl (C=O) groups is 2. The summed E-state index contributed by atoms with van der Waals surface area (Å²) in [6.45, 7) is 7.21. The predicted molar refractivity (Wildman–Crippen MR) is 154 cm³/mol. The second-order valence-corrected chi connectivity index (χ2v) is 12.3. The van der Waals surface area contributed by atoms with E-state index < -0.39 is 10.0 Å². The smallest absolute Gasteiger partial charge is 0.253 e. The first kappa shape index (κ1) is 29.0. The van der Waals surface area contributed by atoms with Gasteiger partial charge in [0.15, 0.2) is 0 Å². The van der Waals surface area contributed by atoms with Gasteiger partial charge in [-0.15, -0.1) is 0 Å². The van der Waals surface area contributed by atoms with E-state index in [2.05, 4.69) is 34.1 Å². The lowest BCUT2D eigenvalue weighted by Gasteiger charge is -2.27. The molecule has 0 aromatic heterocycles. The third-order valence-electron chi connectivity index (χ3n) is 7.77. The van der Waals surface area contributed by atoms with E-state index in [0.29, 0.717) is 31.1 Å². The van der Waals surface area contributed by atoms with Gasteiger partial charge in [-0.3, -0.25) is 9.59 Å². The van der Waals surface area contributed by atoms with E-state index in [1.807, 2.05) is 42.5 Å². The third kappa shape index (κ3) is 8.49. The number of piperidine rings is 1. The van der Waals surface area contributed by atoms with Gasteiger partial charge in [0, 0.05) is 37.2 Å². The minimum Gasteiger partial charge on any atom is -0.355 e. The monoisotopic (exact) mass is 552 g/mol. The first-order valence-corrected chi connectivity index (χ1v) is 15.4. The molecule has 0 bridgehead atoms. The number of nitrogens with one attached hydrogen (secondary N) is 3. The summed E-state index contributed by atoms with van der Waals surface area (Å²) >= 11 is 0. The third-order valence-corrected chi connectivity index (χ3v) is 8.77. The molecule has 3 N–H and O–H groups in total. The molecule has 2 heterocycles. The van der Waals surface area contributed by atoms with Crippen molar-refractivity contribution in [3.05, 3.63) is 83.3 Å². The van der Waals surface area contributed by atoms with E-state index in [0.717, 1.165) is 56.2 Å². The van der Waals surface area contributed by atoms with Crippen LogP contribution in [0.15, 0.2) is 66.6 Å². The number of likely N-dealkylation sites (tertiary alicyclic amines) is 1. The van der Waals surface area contributed by atoms with Gasteiger partial charge in [-0.05, 0) is 80.3 Å². The lowest BCUT2D eigenvalue weighted by Crippen LogP contribution is -2.36. The van der Waals surface area contributed by atoms with Gasteiger partial charge in [-0.25, -0.2) is 13.1 Å². The van der Waals surface area contributed by atoms with Crippen molar-refractivity contribution in [2.24, 2.45) is 11.8 Å². The molecule has 9 heteroatoms. The first-order valence-electron chi connectivity index (χ1n) is 13.9. The van der Waals surface area contributed by atoms with Gasteiger partial charge in [0.25, 0.3) is 5.91 Å². The first-order chi connectivity index (χ1) is 18.8. The Bertz CT molecular complexity index is 1210. The van der Waals surface area contributed by atoms with Crippen LogP contribution in [-0.2, 0) is 21.2 Å². The van der Waals surface area contributed by atoms with Gasteiger partial charge < -0.3 is 15.5 Å². The van der Waals surface area contributed by atoms with Crippen LogP contribution in [0, 0.1) is 11.8 Å². The van der Waals surface area contributed by atoms with Crippen molar-refractivity contribution in [2.75, 3.05) is 39.3 Å². The van der Waals surface area contributed by atoms with Crippen LogP contribution in [0.1, 0.15) is 53.1 Å². The zero-order valence-corrected chi connectivity index (χ0v) is 23.3. The molecule has 2 aromatic rings. The van der Waals surface area contributed by atoms with Crippen LogP contribution in [0.5, 0.6) is 0 Å². The molecule has 2 aliphatic heterocycles. The van der Waals surface area contributed by atoms with Crippen molar-refractivity contribution in [3.8, 4) is 0 Å². The van der Waals surface area contributed by atoms with Gasteiger partial charge in [-0.2, -0.15) is 0 Å². The lowest BCUT2D eigenvalue weighted by atomic mass is 9.84. The van der Waals surface area contributed by atoms with Crippen LogP contribution < -0.4 is 15.4 Å². The number of rotatable bonds is 12. The van der Waals surface area contributed by atoms with Crippen molar-refractivity contribution in [1.82, 2.24) is 20.3 Å². The summed E-state index contributed by atoms with van der Waals surface area (Å²) in [5.74, 6) is 0.181. The molecule has 39 heavy (non-hydrogen) atoms. The quantitative estimate of drug-likeness (QED) is 0.375. The molecule has 2 fully saturated rings. The standard InChI is InChI=1S/C30H40N4O4S/c1-2-39(37,38)33-21-25-15-18-34(22-25)30(36)27-12-10-26(11-13-27)28(19-24-9-6-16-31-20-24)29(35)32-17-14-23-7-4-3-5-8-23/h2-5,7-8,10-13,24-25,28,31,33H,1,6,9,14-22H2,(H,32,35)/t24?,25-,28?/m1/s1. The van der Waals surface area contributed by atoms with E-state index in [-0.39, 0.29) is 30.2 Å². The molecular formula is C30H40N4O4S. The highest BCUT2D eigenvalue weighted by molar-refractivity contribution is 7.92. The molecule has 2 unspecified atom stereocenters. The Morgan fingerprint density at radius 2 is 1.85 bits per heavy atom. The summed E-state index contributed by atoms with van der Waals surface area (Å²) in [6, 6.07) is 17.6. The van der Waals surface area contributed by atoms with Crippen molar-refractivity contribution in [3.63, 3.8) is 0 Å². The Morgan fingerprint density at radius 1 is 1.08 bits per heavy atom. The Hall–Kier alpha value is -3.01. The Balaban J connectivity index is 1.38. The van der Waals surface area contributed by atoms with Crippen LogP contribution >= 0.6 is 0 Å². The number of sulfonamides is 1. The molecule has 4 rings (SSSR count). The van der Waals surface area contributed by atoms with Gasteiger partial charge in [0.1, 0.15) is 0 Å². The fraction of sp³-hybridized carbons (Fsp3) is 0.467. The molecule has 2 aliphatic rings. The molecule has 210 valence electrons. The summed E-state index contributed by atoms with van der Waals surface area (Å²) in [6.07, 6.45) is 4.52. The topological polar surface area (TPSA) is 108 Å². The minimum atomic E-state index is -3.47. The molecule has 2 saturated heterocycles. The maximum absolute atomic E-state index is 13.4. The normalized spacial score (nSPS) is 20.4. The van der Waals surface area contributed by atoms with E-state index in [9.17, 15) is 18.0 Å². The zero-order chi connectivity index (χ0) is 27.7. The summed E-state index contributed by atoms with van der Waals surface area (Å²) < 4.78 is 25.8. The van der Waals surface area contributed by atoms with Crippen LogP contribution in [0.4, 0.5) is 0 Å². The van der Waals surface area contributed by atoms with E-state index in [4.69, 9.17) is 0 Å². The van der Waals surface area contributed by atoms with E-state index in [1.54, 1.807) is 4.90 Å². The van der Waals surface area contributed by atoms with Gasteiger partial charge in [0.05, 0.1) is 5.92 Å². The molecule has 3 atom stereocenters. The van der Waals surface area contributed by atoms with Gasteiger partial charge in [-0.1, -0.05) is 49.0 Å². The van der Waals surface area contributed by atoms with Gasteiger partial charge in [0.2, 0.25) is 15.9 Å². The van der Waals surface area contributed by atoms with Gasteiger partial charge >= 0.3 is 0 Å². The SMILES string of the molecule is C=CS(=O)(=O)NC[C@H]1CCN(C(=O)c2ccc(C(CC3CCCNC3)C(=O)NCCc3ccccc3)cc2)C1. The summed E-state index contributed by atoms with van der Waals surface area (Å²) in [5, 5.41) is 7.49. The largest absolute Gasteiger partial charge is 0.355 e. The molecule has 0 saturated carbocycles. The number of hydrogen-bond acceptors (Lipinski definition) is 5. The highest BCUT2D eigenvalue weighted by Gasteiger charge is 2.29. The van der Waals surface area contributed by atoms with Crippen LogP contribution in [0.25, 0.3) is 0 Å². The number of hydrogen-bond donors (Lipinski definition) is 3. The Kier molecular flexibility index (Phi) is 10.3. The summed E-state index contributed by atoms with van der Waals surface area (Å²) in [5.41, 5.74) is 2.69. The van der Waals surface area contributed by atoms with E-state index >= 15 is 0 Å². The number of carbonyl (C=O) groups excluding carboxylic acids is 2. The molecule has 0 radical (unpaired) electrons. The lowest BCUT2D eigenvalue weighted by molar-refractivity contribution is -0.123. The summed E-state index contributed by atoms with van der Waals surface area (Å²) in [7, 11) is -3.47. The molecule has 2 amide bonds. The van der Waals surface area contributed by atoms with Crippen LogP contribution in [0.3, 0.4) is 0 Å². The minimum absolute atomic E-state index is 0.0277. The average molecular weight is 553 g/mol. The molecule has 0 aliphatic carbocycles. The Morgan fingerprint density at radius 3 is 2.54 bits per heavy atom. The van der Waals surface area contributed by atoms with Crippen molar-refractivity contribution in [2.45, 2.75) is 38.0 Å². The molecule has 8 nitrogen and oxygen atoms in total. The molecule has 0 spiro atoms. The second kappa shape index (κ2) is 13.9. The summed E-state index contributed by atoms with van der Waals surface area (Å²) in [4.78, 5) is 28.3. The van der Waals surface area contributed by atoms with Crippen molar-refractivity contribution >= 4 is 21.8 Å². The second-order valence-electron chi connectivity index (χ2n) is 10.6. The Labute approximate surface area is 232 Å². The highest BCUT2D eigenvalue weighted by Crippen LogP contribution is 2.28. The zero-order valence-electron chi connectivity index (χ0n) is 22.5. The van der Waals surface area contributed by atoms with Crippen molar-refractivity contribution in [1.29, 1.82) is 0 Å². The van der Waals surface area contributed by atoms with Crippen molar-refractivity contribution < 1.29 is 18.0 Å². The van der Waals surface area contributed by atoms with E-state index in [1.165, 1.54) is 5.56 Å². The molecule has 2 aromatic carbocycles. The number of benzene rings is 2. The maximum Gasteiger partial charge on any atom is 0.253 e. The maximum atomic E-state index is 13.4. The molecular weight excluding hydrogens is 512 g/mol.